The zero-order valence-corrected chi connectivity index (χ0v) is 18.1. The molecule has 3 aliphatic rings. The van der Waals surface area contributed by atoms with E-state index in [9.17, 15) is 4.79 Å². The molecular weight excluding hydrogens is 376 g/mol. The van der Waals surface area contributed by atoms with Crippen LogP contribution in [-0.2, 0) is 11.3 Å². The molecule has 1 saturated carbocycles. The molecular formula is C25H32N2OS. The number of rotatable bonds is 6. The molecule has 4 heteroatoms. The van der Waals surface area contributed by atoms with Crippen LogP contribution in [0.4, 0.5) is 0 Å². The lowest BCUT2D eigenvalue weighted by Crippen LogP contribution is -2.36. The maximum atomic E-state index is 12.6. The van der Waals surface area contributed by atoms with Crippen LogP contribution in [0, 0.1) is 11.3 Å². The average molecular weight is 409 g/mol. The van der Waals surface area contributed by atoms with Crippen molar-refractivity contribution in [1.82, 2.24) is 10.2 Å². The third-order valence-electron chi connectivity index (χ3n) is 7.34. The highest BCUT2D eigenvalue weighted by Gasteiger charge is 2.58. The molecule has 1 aromatic heterocycles. The van der Waals surface area contributed by atoms with Crippen molar-refractivity contribution in [3.8, 4) is 0 Å². The summed E-state index contributed by atoms with van der Waals surface area (Å²) in [5.41, 5.74) is 1.86. The number of fused-ring (bicyclic) bond motifs is 1. The van der Waals surface area contributed by atoms with Gasteiger partial charge in [0, 0.05) is 28.6 Å². The van der Waals surface area contributed by atoms with E-state index >= 15 is 0 Å². The summed E-state index contributed by atoms with van der Waals surface area (Å²) in [5, 5.41) is 4.60. The number of carbonyl (C=O) groups excluding carboxylic acids is 1. The van der Waals surface area contributed by atoms with Crippen LogP contribution in [0.15, 0.2) is 42.0 Å². The lowest BCUT2D eigenvalue weighted by molar-refractivity contribution is -0.123. The van der Waals surface area contributed by atoms with Crippen molar-refractivity contribution in [2.75, 3.05) is 19.6 Å². The molecule has 1 spiro atoms. The summed E-state index contributed by atoms with van der Waals surface area (Å²) in [6, 6.07) is 11.0. The van der Waals surface area contributed by atoms with Gasteiger partial charge in [0.2, 0.25) is 5.91 Å². The van der Waals surface area contributed by atoms with Gasteiger partial charge in [-0.15, -0.1) is 11.3 Å². The maximum absolute atomic E-state index is 12.6. The number of allylic oxidation sites excluding steroid dienone is 1. The van der Waals surface area contributed by atoms with Crippen molar-refractivity contribution in [2.24, 2.45) is 11.3 Å². The second-order valence-corrected chi connectivity index (χ2v) is 10.5. The number of carbonyl (C=O) groups is 1. The predicted molar refractivity (Wildman–Crippen MR) is 121 cm³/mol. The number of hydrogen-bond donors (Lipinski definition) is 1. The van der Waals surface area contributed by atoms with Crippen molar-refractivity contribution in [1.29, 1.82) is 0 Å². The summed E-state index contributed by atoms with van der Waals surface area (Å²) in [6.07, 6.45) is 12.0. The Morgan fingerprint density at radius 1 is 1.21 bits per heavy atom. The first kappa shape index (κ1) is 19.3. The first-order valence-corrected chi connectivity index (χ1v) is 12.2. The quantitative estimate of drug-likeness (QED) is 0.639. The number of piperidine rings is 1. The van der Waals surface area contributed by atoms with Gasteiger partial charge in [-0.2, -0.15) is 0 Å². The summed E-state index contributed by atoms with van der Waals surface area (Å²) in [6.45, 7) is 4.15. The van der Waals surface area contributed by atoms with Gasteiger partial charge < -0.3 is 5.32 Å². The molecule has 2 aromatic rings. The van der Waals surface area contributed by atoms with Crippen LogP contribution in [-0.4, -0.2) is 30.4 Å². The van der Waals surface area contributed by atoms with Gasteiger partial charge >= 0.3 is 0 Å². The third-order valence-corrected chi connectivity index (χ3v) is 8.45. The highest BCUT2D eigenvalue weighted by Crippen LogP contribution is 2.59. The molecule has 1 aliphatic heterocycles. The van der Waals surface area contributed by atoms with E-state index in [1.165, 1.54) is 53.5 Å². The van der Waals surface area contributed by atoms with E-state index in [0.717, 1.165) is 39.0 Å². The van der Waals surface area contributed by atoms with Crippen molar-refractivity contribution in [2.45, 2.75) is 57.9 Å². The molecule has 3 nitrogen and oxygen atoms in total. The topological polar surface area (TPSA) is 32.3 Å². The monoisotopic (exact) mass is 408 g/mol. The molecule has 0 bridgehead atoms. The van der Waals surface area contributed by atoms with Gasteiger partial charge in [-0.05, 0) is 87.4 Å². The van der Waals surface area contributed by atoms with E-state index in [1.807, 2.05) is 11.3 Å². The Kier molecular flexibility index (Phi) is 5.49. The van der Waals surface area contributed by atoms with E-state index in [-0.39, 0.29) is 5.92 Å². The van der Waals surface area contributed by atoms with E-state index < -0.39 is 0 Å². The number of nitrogens with one attached hydrogen (secondary N) is 1. The van der Waals surface area contributed by atoms with E-state index in [4.69, 9.17) is 0 Å². The lowest BCUT2D eigenvalue weighted by atomic mass is 9.90. The zero-order valence-electron chi connectivity index (χ0n) is 17.3. The Morgan fingerprint density at radius 3 is 2.86 bits per heavy atom. The van der Waals surface area contributed by atoms with Gasteiger partial charge in [0.1, 0.15) is 0 Å². The number of benzene rings is 1. The summed E-state index contributed by atoms with van der Waals surface area (Å²) in [7, 11) is 0. The minimum atomic E-state index is 0.273. The van der Waals surface area contributed by atoms with Crippen LogP contribution >= 0.6 is 11.3 Å². The molecule has 5 rings (SSSR count). The first-order chi connectivity index (χ1) is 14.2. The van der Waals surface area contributed by atoms with Crippen LogP contribution < -0.4 is 5.32 Å². The van der Waals surface area contributed by atoms with Gasteiger partial charge in [0.05, 0.1) is 0 Å². The molecule has 29 heavy (non-hydrogen) atoms. The van der Waals surface area contributed by atoms with Gasteiger partial charge in [0.15, 0.2) is 0 Å². The Bertz CT molecular complexity index is 873. The Hall–Kier alpha value is -1.65. The molecule has 1 N–H and O–H groups in total. The normalized spacial score (nSPS) is 23.9. The van der Waals surface area contributed by atoms with E-state index in [0.29, 0.717) is 11.3 Å². The highest BCUT2D eigenvalue weighted by molar-refractivity contribution is 7.19. The minimum absolute atomic E-state index is 0.273. The van der Waals surface area contributed by atoms with Gasteiger partial charge in [-0.3, -0.25) is 9.69 Å². The number of nitrogens with zero attached hydrogens (tertiary/aromatic N) is 1. The van der Waals surface area contributed by atoms with Crippen molar-refractivity contribution < 1.29 is 4.79 Å². The second-order valence-electron chi connectivity index (χ2n) is 9.29. The lowest BCUT2D eigenvalue weighted by Gasteiger charge is -2.32. The fraction of sp³-hybridized carbons (Fsp3) is 0.560. The van der Waals surface area contributed by atoms with Crippen LogP contribution in [0.1, 0.15) is 56.2 Å². The molecule has 2 fully saturated rings. The van der Waals surface area contributed by atoms with E-state index in [1.54, 1.807) is 5.57 Å². The van der Waals surface area contributed by atoms with Crippen LogP contribution in [0.3, 0.4) is 0 Å². The fourth-order valence-electron chi connectivity index (χ4n) is 5.36. The van der Waals surface area contributed by atoms with Crippen LogP contribution in [0.2, 0.25) is 0 Å². The molecule has 154 valence electrons. The molecule has 1 amide bonds. The maximum Gasteiger partial charge on any atom is 0.223 e. The summed E-state index contributed by atoms with van der Waals surface area (Å²) in [4.78, 5) is 16.7. The van der Waals surface area contributed by atoms with Gasteiger partial charge in [0.25, 0.3) is 0 Å². The largest absolute Gasteiger partial charge is 0.356 e. The SMILES string of the molecule is O=C(NCCC1=CCCCC1)C1CC12CCN(Cc1cc3ccccc3s1)CC2. The van der Waals surface area contributed by atoms with Gasteiger partial charge in [-0.1, -0.05) is 29.8 Å². The van der Waals surface area contributed by atoms with E-state index in [2.05, 4.69) is 46.6 Å². The van der Waals surface area contributed by atoms with Crippen LogP contribution in [0.5, 0.6) is 0 Å². The smallest absolute Gasteiger partial charge is 0.223 e. The number of hydrogen-bond acceptors (Lipinski definition) is 3. The van der Waals surface area contributed by atoms with Gasteiger partial charge in [-0.25, -0.2) is 0 Å². The average Bonchev–Trinajstić information content (AvgIpc) is 3.29. The molecule has 1 unspecified atom stereocenters. The zero-order chi connectivity index (χ0) is 19.7. The standard InChI is InChI=1S/C25H32N2OS/c28-24(26-13-10-19-6-2-1-3-7-19)22-17-25(22)11-14-27(15-12-25)18-21-16-20-8-4-5-9-23(20)29-21/h4-6,8-9,16,22H,1-3,7,10-15,17-18H2,(H,26,28). The number of thiophene rings is 1. The molecule has 2 aliphatic carbocycles. The Balaban J connectivity index is 1.07. The first-order valence-electron chi connectivity index (χ1n) is 11.4. The Morgan fingerprint density at radius 2 is 2.07 bits per heavy atom. The molecule has 1 saturated heterocycles. The summed E-state index contributed by atoms with van der Waals surface area (Å²) < 4.78 is 1.39. The summed E-state index contributed by atoms with van der Waals surface area (Å²) >= 11 is 1.92. The summed E-state index contributed by atoms with van der Waals surface area (Å²) in [5.74, 6) is 0.591. The third kappa shape index (κ3) is 4.29. The van der Waals surface area contributed by atoms with Crippen LogP contribution in [0.25, 0.3) is 10.1 Å². The molecule has 1 aromatic carbocycles. The highest BCUT2D eigenvalue weighted by atomic mass is 32.1. The van der Waals surface area contributed by atoms with Crippen molar-refractivity contribution >= 4 is 27.3 Å². The molecule has 2 heterocycles. The fourth-order valence-corrected chi connectivity index (χ4v) is 6.47. The second kappa shape index (κ2) is 8.23. The number of amides is 1. The number of likely N-dealkylation sites (tertiary alicyclic amines) is 1. The molecule has 0 radical (unpaired) electrons. The molecule has 1 atom stereocenters. The van der Waals surface area contributed by atoms with Crippen molar-refractivity contribution in [3.05, 3.63) is 46.9 Å². The minimum Gasteiger partial charge on any atom is -0.356 e. The Labute approximate surface area is 178 Å². The predicted octanol–water partition coefficient (Wildman–Crippen LogP) is 5.51. The van der Waals surface area contributed by atoms with Crippen molar-refractivity contribution in [3.63, 3.8) is 0 Å².